The minimum absolute atomic E-state index is 0.0524. The van der Waals surface area contributed by atoms with E-state index in [1.165, 1.54) is 0 Å². The van der Waals surface area contributed by atoms with E-state index in [0.717, 1.165) is 19.3 Å². The van der Waals surface area contributed by atoms with E-state index in [4.69, 9.17) is 11.5 Å². The second-order valence-electron chi connectivity index (χ2n) is 7.17. The SMILES string of the molecule is CC(C)(CCCCC(N)=O)C(C)(C)C(C)(C)C(N)=O. The fourth-order valence-electron chi connectivity index (χ4n) is 2.33. The summed E-state index contributed by atoms with van der Waals surface area (Å²) in [5.41, 5.74) is 9.81. The van der Waals surface area contributed by atoms with E-state index in [2.05, 4.69) is 27.7 Å². The Morgan fingerprint density at radius 2 is 1.37 bits per heavy atom. The molecular formula is C15H30N2O2. The molecule has 0 fully saturated rings. The van der Waals surface area contributed by atoms with Crippen molar-refractivity contribution in [3.8, 4) is 0 Å². The number of primary amides is 2. The first-order valence-electron chi connectivity index (χ1n) is 6.94. The van der Waals surface area contributed by atoms with Crippen molar-refractivity contribution in [2.24, 2.45) is 27.7 Å². The van der Waals surface area contributed by atoms with Crippen LogP contribution in [0.1, 0.15) is 67.2 Å². The van der Waals surface area contributed by atoms with Gasteiger partial charge in [0.15, 0.2) is 0 Å². The van der Waals surface area contributed by atoms with Crippen molar-refractivity contribution in [1.29, 1.82) is 0 Å². The van der Waals surface area contributed by atoms with E-state index in [1.54, 1.807) is 0 Å². The van der Waals surface area contributed by atoms with E-state index in [-0.39, 0.29) is 22.6 Å². The van der Waals surface area contributed by atoms with Crippen LogP contribution >= 0.6 is 0 Å². The molecule has 4 heteroatoms. The summed E-state index contributed by atoms with van der Waals surface area (Å²) in [6, 6.07) is 0. The summed E-state index contributed by atoms with van der Waals surface area (Å²) < 4.78 is 0. The summed E-state index contributed by atoms with van der Waals surface area (Å²) in [6.45, 7) is 12.3. The maximum Gasteiger partial charge on any atom is 0.223 e. The normalized spacial score (nSPS) is 13.4. The van der Waals surface area contributed by atoms with Gasteiger partial charge in [-0.3, -0.25) is 9.59 Å². The van der Waals surface area contributed by atoms with Crippen LogP contribution < -0.4 is 11.5 Å². The average Bonchev–Trinajstić information content (AvgIpc) is 2.23. The van der Waals surface area contributed by atoms with Crippen molar-refractivity contribution in [2.75, 3.05) is 0 Å². The predicted molar refractivity (Wildman–Crippen MR) is 78.2 cm³/mol. The average molecular weight is 270 g/mol. The summed E-state index contributed by atoms with van der Waals surface area (Å²) in [5.74, 6) is -0.530. The smallest absolute Gasteiger partial charge is 0.223 e. The van der Waals surface area contributed by atoms with Gasteiger partial charge in [0.25, 0.3) is 0 Å². The Balaban J connectivity index is 4.78. The molecule has 0 rings (SSSR count). The molecule has 0 saturated carbocycles. The van der Waals surface area contributed by atoms with Gasteiger partial charge in [-0.1, -0.05) is 48.0 Å². The molecule has 0 radical (unpaired) electrons. The fourth-order valence-corrected chi connectivity index (χ4v) is 2.33. The molecule has 0 bridgehead atoms. The number of unbranched alkanes of at least 4 members (excludes halogenated alkanes) is 1. The highest BCUT2D eigenvalue weighted by atomic mass is 16.1. The van der Waals surface area contributed by atoms with Crippen LogP contribution in [0.5, 0.6) is 0 Å². The van der Waals surface area contributed by atoms with Crippen molar-refractivity contribution in [1.82, 2.24) is 0 Å². The largest absolute Gasteiger partial charge is 0.370 e. The molecule has 2 amide bonds. The minimum atomic E-state index is -0.583. The van der Waals surface area contributed by atoms with E-state index < -0.39 is 5.41 Å². The first kappa shape index (κ1) is 17.9. The molecule has 0 aliphatic carbocycles. The maximum absolute atomic E-state index is 11.7. The molecule has 19 heavy (non-hydrogen) atoms. The summed E-state index contributed by atoms with van der Waals surface area (Å²) in [4.78, 5) is 22.4. The van der Waals surface area contributed by atoms with Crippen LogP contribution in [0.25, 0.3) is 0 Å². The van der Waals surface area contributed by atoms with Crippen molar-refractivity contribution in [2.45, 2.75) is 67.2 Å². The summed E-state index contributed by atoms with van der Waals surface area (Å²) >= 11 is 0. The molecule has 112 valence electrons. The second-order valence-corrected chi connectivity index (χ2v) is 7.17. The van der Waals surface area contributed by atoms with E-state index in [0.29, 0.717) is 6.42 Å². The lowest BCUT2D eigenvalue weighted by Crippen LogP contribution is -2.51. The summed E-state index contributed by atoms with van der Waals surface area (Å²) in [6.07, 6.45) is 3.08. The number of carbonyl (C=O) groups excluding carboxylic acids is 2. The van der Waals surface area contributed by atoms with E-state index in [1.807, 2.05) is 13.8 Å². The molecule has 4 N–H and O–H groups in total. The number of carbonyl (C=O) groups is 2. The topological polar surface area (TPSA) is 86.2 Å². The standard InChI is InChI=1S/C15H30N2O2/c1-13(2,10-8-7-9-11(16)18)15(5,6)14(3,4)12(17)19/h7-10H2,1-6H3,(H2,16,18)(H2,17,19). The van der Waals surface area contributed by atoms with Gasteiger partial charge in [-0.2, -0.15) is 0 Å². The fraction of sp³-hybridized carbons (Fsp3) is 0.867. The van der Waals surface area contributed by atoms with Gasteiger partial charge in [0.05, 0.1) is 0 Å². The molecule has 0 spiro atoms. The number of hydrogen-bond donors (Lipinski definition) is 2. The van der Waals surface area contributed by atoms with Gasteiger partial charge in [-0.05, 0) is 23.7 Å². The third kappa shape index (κ3) is 3.95. The van der Waals surface area contributed by atoms with Crippen molar-refractivity contribution < 1.29 is 9.59 Å². The van der Waals surface area contributed by atoms with Crippen LogP contribution in [0.3, 0.4) is 0 Å². The molecule has 0 aromatic heterocycles. The minimum Gasteiger partial charge on any atom is -0.370 e. The van der Waals surface area contributed by atoms with Crippen LogP contribution in [0.4, 0.5) is 0 Å². The molecule has 0 unspecified atom stereocenters. The Labute approximate surface area is 117 Å². The van der Waals surface area contributed by atoms with Crippen LogP contribution in [-0.4, -0.2) is 11.8 Å². The third-order valence-electron chi connectivity index (χ3n) is 5.35. The van der Waals surface area contributed by atoms with Crippen LogP contribution in [0.15, 0.2) is 0 Å². The Morgan fingerprint density at radius 3 is 1.74 bits per heavy atom. The van der Waals surface area contributed by atoms with Gasteiger partial charge in [0.2, 0.25) is 11.8 Å². The molecule has 0 aliphatic heterocycles. The molecule has 4 nitrogen and oxygen atoms in total. The van der Waals surface area contributed by atoms with Crippen LogP contribution in [0, 0.1) is 16.2 Å². The van der Waals surface area contributed by atoms with Crippen molar-refractivity contribution >= 4 is 11.8 Å². The first-order valence-corrected chi connectivity index (χ1v) is 6.94. The highest BCUT2D eigenvalue weighted by molar-refractivity contribution is 5.81. The Bertz CT molecular complexity index is 344. The molecule has 0 atom stereocenters. The summed E-state index contributed by atoms with van der Waals surface area (Å²) in [5, 5.41) is 0. The molecular weight excluding hydrogens is 240 g/mol. The van der Waals surface area contributed by atoms with E-state index >= 15 is 0 Å². The lowest BCUT2D eigenvalue weighted by atomic mass is 9.53. The number of nitrogens with two attached hydrogens (primary N) is 2. The Kier molecular flexibility index (Phi) is 5.60. The zero-order chi connectivity index (χ0) is 15.5. The summed E-state index contributed by atoms with van der Waals surface area (Å²) in [7, 11) is 0. The number of amides is 2. The van der Waals surface area contributed by atoms with Gasteiger partial charge < -0.3 is 11.5 Å². The zero-order valence-corrected chi connectivity index (χ0v) is 13.3. The number of hydrogen-bond acceptors (Lipinski definition) is 2. The Hall–Kier alpha value is -1.06. The van der Waals surface area contributed by atoms with Gasteiger partial charge in [-0.15, -0.1) is 0 Å². The van der Waals surface area contributed by atoms with Gasteiger partial charge in [0.1, 0.15) is 0 Å². The lowest BCUT2D eigenvalue weighted by molar-refractivity contribution is -0.138. The van der Waals surface area contributed by atoms with Gasteiger partial charge in [0, 0.05) is 11.8 Å². The van der Waals surface area contributed by atoms with Gasteiger partial charge >= 0.3 is 0 Å². The molecule has 0 aromatic rings. The third-order valence-corrected chi connectivity index (χ3v) is 5.35. The van der Waals surface area contributed by atoms with Crippen molar-refractivity contribution in [3.05, 3.63) is 0 Å². The van der Waals surface area contributed by atoms with Crippen LogP contribution in [0.2, 0.25) is 0 Å². The highest BCUT2D eigenvalue weighted by Crippen LogP contribution is 2.53. The maximum atomic E-state index is 11.7. The molecule has 0 saturated heterocycles. The zero-order valence-electron chi connectivity index (χ0n) is 13.3. The van der Waals surface area contributed by atoms with Crippen LogP contribution in [-0.2, 0) is 9.59 Å². The monoisotopic (exact) mass is 270 g/mol. The molecule has 0 aromatic carbocycles. The highest BCUT2D eigenvalue weighted by Gasteiger charge is 2.50. The quantitative estimate of drug-likeness (QED) is 0.664. The number of rotatable bonds is 8. The molecule has 0 aliphatic rings. The predicted octanol–water partition coefficient (Wildman–Crippen LogP) is 2.60. The molecule has 0 heterocycles. The van der Waals surface area contributed by atoms with Gasteiger partial charge in [-0.25, -0.2) is 0 Å². The van der Waals surface area contributed by atoms with Crippen molar-refractivity contribution in [3.63, 3.8) is 0 Å². The first-order chi connectivity index (χ1) is 8.36. The lowest BCUT2D eigenvalue weighted by Gasteiger charge is -2.50. The van der Waals surface area contributed by atoms with E-state index in [9.17, 15) is 9.59 Å². The Morgan fingerprint density at radius 1 is 0.895 bits per heavy atom. The second kappa shape index (κ2) is 5.93.